The van der Waals surface area contributed by atoms with Crippen LogP contribution in [0.1, 0.15) is 39.0 Å². The third-order valence-corrected chi connectivity index (χ3v) is 4.02. The van der Waals surface area contributed by atoms with Crippen LogP contribution in [0.3, 0.4) is 0 Å². The van der Waals surface area contributed by atoms with Gasteiger partial charge in [-0.3, -0.25) is 0 Å². The summed E-state index contributed by atoms with van der Waals surface area (Å²) < 4.78 is 10.8. The van der Waals surface area contributed by atoms with E-state index in [1.165, 1.54) is 19.3 Å². The van der Waals surface area contributed by atoms with Crippen LogP contribution in [0.2, 0.25) is 0 Å². The van der Waals surface area contributed by atoms with Crippen molar-refractivity contribution in [1.29, 1.82) is 0 Å². The second-order valence-corrected chi connectivity index (χ2v) is 5.58. The molecule has 5 atom stereocenters. The van der Waals surface area contributed by atoms with Gasteiger partial charge in [-0.25, -0.2) is 0 Å². The minimum absolute atomic E-state index is 0.256. The summed E-state index contributed by atoms with van der Waals surface area (Å²) in [7, 11) is 0. The average Bonchev–Trinajstić information content (AvgIpc) is 2.42. The Hall–Kier alpha value is 0.150. The summed E-state index contributed by atoms with van der Waals surface area (Å²) in [5, 5.41) is 28.1. The molecule has 1 heterocycles. The van der Waals surface area contributed by atoms with E-state index in [9.17, 15) is 10.2 Å². The quantitative estimate of drug-likeness (QED) is 0.392. The van der Waals surface area contributed by atoms with Gasteiger partial charge in [0.15, 0.2) is 6.29 Å². The Labute approximate surface area is 120 Å². The monoisotopic (exact) mass is 294 g/mol. The molecule has 1 saturated heterocycles. The van der Waals surface area contributed by atoms with Crippen LogP contribution in [-0.4, -0.2) is 58.4 Å². The zero-order chi connectivity index (χ0) is 14.3. The molecular weight excluding hydrogens is 268 g/mol. The van der Waals surface area contributed by atoms with Crippen LogP contribution in [-0.2, 0) is 9.47 Å². The molecule has 0 aliphatic carbocycles. The molecule has 0 bridgehead atoms. The van der Waals surface area contributed by atoms with Crippen molar-refractivity contribution in [3.05, 3.63) is 0 Å². The van der Waals surface area contributed by atoms with Crippen molar-refractivity contribution >= 4 is 12.6 Å². The lowest BCUT2D eigenvalue weighted by molar-refractivity contribution is -0.268. The summed E-state index contributed by atoms with van der Waals surface area (Å²) >= 11 is 4.13. The van der Waals surface area contributed by atoms with Gasteiger partial charge in [-0.05, 0) is 6.42 Å². The fourth-order valence-electron chi connectivity index (χ4n) is 2.11. The van der Waals surface area contributed by atoms with Gasteiger partial charge in [0.05, 0.1) is 24.1 Å². The Morgan fingerprint density at radius 3 is 2.42 bits per heavy atom. The first kappa shape index (κ1) is 17.2. The van der Waals surface area contributed by atoms with Crippen molar-refractivity contribution < 1.29 is 24.8 Å². The van der Waals surface area contributed by atoms with Crippen molar-refractivity contribution in [2.24, 2.45) is 0 Å². The highest BCUT2D eigenvalue weighted by Crippen LogP contribution is 2.25. The van der Waals surface area contributed by atoms with E-state index in [1.54, 1.807) is 0 Å². The molecule has 0 aromatic carbocycles. The summed E-state index contributed by atoms with van der Waals surface area (Å²) in [6.45, 7) is 2.38. The Balaban J connectivity index is 2.28. The standard InChI is InChI=1S/C13H26O5S/c1-2-3-4-5-6-7-17-13-11(16)10(15)12(19)9(8-14)18-13/h9-16,19H,2-8H2,1H3/t9-,10-,11-,12-,13?/m1/s1. The van der Waals surface area contributed by atoms with Gasteiger partial charge in [-0.1, -0.05) is 32.6 Å². The maximum Gasteiger partial charge on any atom is 0.186 e. The molecule has 114 valence electrons. The van der Waals surface area contributed by atoms with Crippen LogP contribution in [0.4, 0.5) is 0 Å². The van der Waals surface area contributed by atoms with Crippen molar-refractivity contribution in [3.8, 4) is 0 Å². The van der Waals surface area contributed by atoms with E-state index in [1.807, 2.05) is 0 Å². The summed E-state index contributed by atoms with van der Waals surface area (Å²) in [6, 6.07) is 0. The Bertz CT molecular complexity index is 239. The van der Waals surface area contributed by atoms with Gasteiger partial charge < -0.3 is 24.8 Å². The van der Waals surface area contributed by atoms with Crippen LogP contribution < -0.4 is 0 Å². The Morgan fingerprint density at radius 1 is 1.11 bits per heavy atom. The Kier molecular flexibility index (Phi) is 8.29. The Morgan fingerprint density at radius 2 is 1.79 bits per heavy atom. The van der Waals surface area contributed by atoms with Gasteiger partial charge in [0.1, 0.15) is 6.10 Å². The molecule has 1 aliphatic heterocycles. The molecule has 0 aromatic heterocycles. The van der Waals surface area contributed by atoms with E-state index in [0.717, 1.165) is 12.8 Å². The fraction of sp³-hybridized carbons (Fsp3) is 1.00. The van der Waals surface area contributed by atoms with E-state index in [-0.39, 0.29) is 6.61 Å². The van der Waals surface area contributed by atoms with Crippen LogP contribution in [0.15, 0.2) is 0 Å². The maximum absolute atomic E-state index is 9.83. The van der Waals surface area contributed by atoms with Crippen molar-refractivity contribution in [2.75, 3.05) is 13.2 Å². The summed E-state index contributed by atoms with van der Waals surface area (Å²) in [6.07, 6.45) is 1.88. The number of thiol groups is 1. The lowest BCUT2D eigenvalue weighted by Gasteiger charge is -2.40. The molecule has 1 fully saturated rings. The minimum atomic E-state index is -1.12. The molecule has 1 unspecified atom stereocenters. The summed E-state index contributed by atoms with van der Waals surface area (Å²) in [5.41, 5.74) is 0. The van der Waals surface area contributed by atoms with E-state index in [2.05, 4.69) is 19.6 Å². The van der Waals surface area contributed by atoms with E-state index >= 15 is 0 Å². The van der Waals surface area contributed by atoms with Crippen LogP contribution in [0.25, 0.3) is 0 Å². The largest absolute Gasteiger partial charge is 0.394 e. The van der Waals surface area contributed by atoms with Gasteiger partial charge in [-0.15, -0.1) is 0 Å². The van der Waals surface area contributed by atoms with E-state index in [4.69, 9.17) is 14.6 Å². The highest BCUT2D eigenvalue weighted by Gasteiger charge is 2.42. The van der Waals surface area contributed by atoms with Gasteiger partial charge in [0.25, 0.3) is 0 Å². The van der Waals surface area contributed by atoms with Gasteiger partial charge >= 0.3 is 0 Å². The number of hydrogen-bond donors (Lipinski definition) is 4. The zero-order valence-electron chi connectivity index (χ0n) is 11.4. The van der Waals surface area contributed by atoms with E-state index < -0.39 is 29.9 Å². The molecule has 3 N–H and O–H groups in total. The molecule has 0 saturated carbocycles. The highest BCUT2D eigenvalue weighted by atomic mass is 32.1. The SMILES string of the molecule is CCCCCCCOC1O[C@H](CO)[C@@H](S)[C@H](O)[C@H]1O. The van der Waals surface area contributed by atoms with Crippen LogP contribution >= 0.6 is 12.6 Å². The average molecular weight is 294 g/mol. The predicted octanol–water partition coefficient (Wildman–Crippen LogP) is 0.711. The van der Waals surface area contributed by atoms with Crippen molar-refractivity contribution in [3.63, 3.8) is 0 Å². The van der Waals surface area contributed by atoms with Gasteiger partial charge in [0, 0.05) is 6.61 Å². The number of hydrogen-bond acceptors (Lipinski definition) is 6. The second-order valence-electron chi connectivity index (χ2n) is 4.98. The van der Waals surface area contributed by atoms with Crippen LogP contribution in [0.5, 0.6) is 0 Å². The molecule has 6 heteroatoms. The van der Waals surface area contributed by atoms with E-state index in [0.29, 0.717) is 6.61 Å². The lowest BCUT2D eigenvalue weighted by atomic mass is 10.0. The van der Waals surface area contributed by atoms with Gasteiger partial charge in [0.2, 0.25) is 0 Å². The first-order valence-corrected chi connectivity index (χ1v) is 7.55. The number of unbranched alkanes of at least 4 members (excludes halogenated alkanes) is 4. The molecule has 19 heavy (non-hydrogen) atoms. The lowest BCUT2D eigenvalue weighted by Crippen LogP contribution is -2.57. The van der Waals surface area contributed by atoms with Crippen molar-refractivity contribution in [1.82, 2.24) is 0 Å². The first-order chi connectivity index (χ1) is 9.11. The molecule has 0 radical (unpaired) electrons. The van der Waals surface area contributed by atoms with Gasteiger partial charge in [-0.2, -0.15) is 12.6 Å². The number of aliphatic hydroxyl groups is 3. The molecule has 5 nitrogen and oxygen atoms in total. The predicted molar refractivity (Wildman–Crippen MR) is 75.2 cm³/mol. The number of aliphatic hydroxyl groups excluding tert-OH is 3. The maximum atomic E-state index is 9.83. The normalized spacial score (nSPS) is 35.5. The summed E-state index contributed by atoms with van der Waals surface area (Å²) in [4.78, 5) is 0. The first-order valence-electron chi connectivity index (χ1n) is 7.04. The third kappa shape index (κ3) is 5.21. The third-order valence-electron chi connectivity index (χ3n) is 3.38. The van der Waals surface area contributed by atoms with Crippen molar-refractivity contribution in [2.45, 2.75) is 68.9 Å². The fourth-order valence-corrected chi connectivity index (χ4v) is 2.45. The second kappa shape index (κ2) is 9.15. The molecular formula is C13H26O5S. The smallest absolute Gasteiger partial charge is 0.186 e. The zero-order valence-corrected chi connectivity index (χ0v) is 12.3. The number of ether oxygens (including phenoxy) is 2. The topological polar surface area (TPSA) is 79.2 Å². The molecule has 1 rings (SSSR count). The highest BCUT2D eigenvalue weighted by molar-refractivity contribution is 7.81. The molecule has 0 aromatic rings. The molecule has 0 spiro atoms. The molecule has 1 aliphatic rings. The summed E-state index contributed by atoms with van der Waals surface area (Å²) in [5.74, 6) is 0. The van der Waals surface area contributed by atoms with Crippen LogP contribution in [0, 0.1) is 0 Å². The number of rotatable bonds is 8. The molecule has 0 amide bonds. The minimum Gasteiger partial charge on any atom is -0.394 e.